The highest BCUT2D eigenvalue weighted by molar-refractivity contribution is 7.80. The summed E-state index contributed by atoms with van der Waals surface area (Å²) in [6.07, 6.45) is 0.714. The van der Waals surface area contributed by atoms with Gasteiger partial charge < -0.3 is 5.32 Å². The summed E-state index contributed by atoms with van der Waals surface area (Å²) < 4.78 is 13.4. The zero-order valence-electron chi connectivity index (χ0n) is 11.4. The van der Waals surface area contributed by atoms with Crippen LogP contribution >= 0.6 is 23.6 Å². The molecule has 1 aromatic carbocycles. The summed E-state index contributed by atoms with van der Waals surface area (Å²) in [6, 6.07) is 10.7. The van der Waals surface area contributed by atoms with Gasteiger partial charge in [0.1, 0.15) is 5.82 Å². The van der Waals surface area contributed by atoms with Crippen LogP contribution < -0.4 is 5.32 Å². The molecule has 0 bridgehead atoms. The molecule has 108 valence electrons. The summed E-state index contributed by atoms with van der Waals surface area (Å²) in [5.74, 6) is -0.252. The number of benzene rings is 1. The molecular formula is C15H14FN3S2. The average Bonchev–Trinajstić information content (AvgIpc) is 3.15. The summed E-state index contributed by atoms with van der Waals surface area (Å²) in [7, 11) is 1.78. The maximum absolute atomic E-state index is 13.4. The maximum Gasteiger partial charge on any atom is 0.190 e. The van der Waals surface area contributed by atoms with Gasteiger partial charge in [0.2, 0.25) is 0 Å². The Morgan fingerprint density at radius 1 is 1.43 bits per heavy atom. The average molecular weight is 319 g/mol. The first-order valence-corrected chi connectivity index (χ1v) is 7.85. The van der Waals surface area contributed by atoms with Crippen molar-refractivity contribution in [3.63, 3.8) is 0 Å². The first-order chi connectivity index (χ1) is 10.2. The fraction of sp³-hybridized carbons (Fsp3) is 0.200. The molecule has 0 amide bonds. The minimum Gasteiger partial charge on any atom is -0.364 e. The van der Waals surface area contributed by atoms with Crippen LogP contribution in [0.3, 0.4) is 0 Å². The topological polar surface area (TPSA) is 27.6 Å². The van der Waals surface area contributed by atoms with Gasteiger partial charge in [0.15, 0.2) is 5.11 Å². The lowest BCUT2D eigenvalue weighted by atomic mass is 10.0. The molecule has 1 aromatic heterocycles. The molecule has 1 aliphatic heterocycles. The lowest BCUT2D eigenvalue weighted by molar-refractivity contribution is 0.371. The molecule has 0 aliphatic carbocycles. The van der Waals surface area contributed by atoms with Crippen LogP contribution in [-0.2, 0) is 0 Å². The van der Waals surface area contributed by atoms with E-state index in [4.69, 9.17) is 12.2 Å². The van der Waals surface area contributed by atoms with Crippen LogP contribution in [0.25, 0.3) is 0 Å². The molecular weight excluding hydrogens is 305 g/mol. The zero-order valence-corrected chi connectivity index (χ0v) is 13.0. The monoisotopic (exact) mass is 319 g/mol. The largest absolute Gasteiger partial charge is 0.364 e. The van der Waals surface area contributed by atoms with Crippen molar-refractivity contribution in [3.05, 3.63) is 58.0 Å². The van der Waals surface area contributed by atoms with Gasteiger partial charge in [-0.1, -0.05) is 18.2 Å². The lowest BCUT2D eigenvalue weighted by Crippen LogP contribution is -2.34. The molecule has 1 N–H and O–H groups in total. The van der Waals surface area contributed by atoms with Gasteiger partial charge in [0.05, 0.1) is 11.8 Å². The van der Waals surface area contributed by atoms with E-state index in [2.05, 4.69) is 16.5 Å². The molecule has 1 unspecified atom stereocenters. The van der Waals surface area contributed by atoms with Gasteiger partial charge in [-0.3, -0.25) is 0 Å². The van der Waals surface area contributed by atoms with Crippen LogP contribution in [0.1, 0.15) is 22.9 Å². The number of thiocarbonyl (C=S) groups is 1. The van der Waals surface area contributed by atoms with Crippen molar-refractivity contribution in [2.75, 3.05) is 7.05 Å². The normalized spacial score (nSPS) is 17.7. The Morgan fingerprint density at radius 3 is 2.95 bits per heavy atom. The third kappa shape index (κ3) is 2.82. The predicted molar refractivity (Wildman–Crippen MR) is 88.1 cm³/mol. The highest BCUT2D eigenvalue weighted by Gasteiger charge is 2.31. The maximum atomic E-state index is 13.4. The van der Waals surface area contributed by atoms with Crippen molar-refractivity contribution in [1.29, 1.82) is 0 Å². The van der Waals surface area contributed by atoms with Gasteiger partial charge in [0, 0.05) is 23.9 Å². The second-order valence-corrected chi connectivity index (χ2v) is 6.06. The van der Waals surface area contributed by atoms with E-state index in [9.17, 15) is 4.39 Å². The van der Waals surface area contributed by atoms with Gasteiger partial charge in [-0.15, -0.1) is 11.3 Å². The number of nitrogens with one attached hydrogen (secondary N) is 1. The fourth-order valence-electron chi connectivity index (χ4n) is 2.36. The molecule has 6 heteroatoms. The minimum atomic E-state index is -0.252. The number of hydrogen-bond acceptors (Lipinski definition) is 3. The molecule has 3 rings (SSSR count). The summed E-state index contributed by atoms with van der Waals surface area (Å²) in [4.78, 5) is 1.20. The Bertz CT molecular complexity index is 682. The first kappa shape index (κ1) is 14.2. The van der Waals surface area contributed by atoms with Crippen LogP contribution in [-0.4, -0.2) is 22.9 Å². The van der Waals surface area contributed by atoms with Crippen LogP contribution in [0, 0.1) is 5.82 Å². The smallest absolute Gasteiger partial charge is 0.190 e. The molecule has 1 atom stereocenters. The van der Waals surface area contributed by atoms with Gasteiger partial charge in [-0.05, 0) is 35.8 Å². The van der Waals surface area contributed by atoms with Crippen LogP contribution in [0.4, 0.5) is 4.39 Å². The van der Waals surface area contributed by atoms with Gasteiger partial charge >= 0.3 is 0 Å². The van der Waals surface area contributed by atoms with E-state index in [1.807, 2.05) is 17.5 Å². The predicted octanol–water partition coefficient (Wildman–Crippen LogP) is 3.54. The molecule has 0 radical (unpaired) electrons. The molecule has 0 saturated carbocycles. The van der Waals surface area contributed by atoms with Crippen molar-refractivity contribution in [2.45, 2.75) is 12.5 Å². The van der Waals surface area contributed by atoms with Crippen molar-refractivity contribution in [2.24, 2.45) is 5.10 Å². The number of halogens is 1. The quantitative estimate of drug-likeness (QED) is 0.858. The van der Waals surface area contributed by atoms with E-state index in [1.165, 1.54) is 17.0 Å². The van der Waals surface area contributed by atoms with E-state index >= 15 is 0 Å². The molecule has 2 heterocycles. The summed E-state index contributed by atoms with van der Waals surface area (Å²) in [6.45, 7) is 0. The van der Waals surface area contributed by atoms with Gasteiger partial charge in [-0.25, -0.2) is 9.40 Å². The number of hydrazone groups is 1. The van der Waals surface area contributed by atoms with Crippen LogP contribution in [0.5, 0.6) is 0 Å². The third-order valence-corrected chi connectivity index (χ3v) is 4.73. The Morgan fingerprint density at radius 2 is 2.29 bits per heavy atom. The standard InChI is InChI=1S/C15H14FN3S2/c1-17-15(20)19-13(14-6-3-7-21-14)9-12(18-19)10-4-2-5-11(16)8-10/h2-8,13H,9H2,1H3,(H,17,20). The Balaban J connectivity index is 1.95. The fourth-order valence-corrected chi connectivity index (χ4v) is 3.34. The van der Waals surface area contributed by atoms with Gasteiger partial charge in [0.25, 0.3) is 0 Å². The van der Waals surface area contributed by atoms with E-state index in [-0.39, 0.29) is 11.9 Å². The molecule has 0 spiro atoms. The van der Waals surface area contributed by atoms with Crippen molar-refractivity contribution in [3.8, 4) is 0 Å². The number of rotatable bonds is 2. The van der Waals surface area contributed by atoms with Crippen molar-refractivity contribution >= 4 is 34.4 Å². The first-order valence-electron chi connectivity index (χ1n) is 6.57. The van der Waals surface area contributed by atoms with Crippen LogP contribution in [0.15, 0.2) is 46.9 Å². The third-order valence-electron chi connectivity index (χ3n) is 3.36. The van der Waals surface area contributed by atoms with Crippen molar-refractivity contribution < 1.29 is 4.39 Å². The van der Waals surface area contributed by atoms with Gasteiger partial charge in [-0.2, -0.15) is 5.10 Å². The number of nitrogens with zero attached hydrogens (tertiary/aromatic N) is 2. The van der Waals surface area contributed by atoms with E-state index in [0.717, 1.165) is 11.3 Å². The Kier molecular flexibility index (Phi) is 3.98. The van der Waals surface area contributed by atoms with Crippen molar-refractivity contribution in [1.82, 2.24) is 10.3 Å². The highest BCUT2D eigenvalue weighted by atomic mass is 32.1. The summed E-state index contributed by atoms with van der Waals surface area (Å²) in [5, 5.41) is 12.0. The van der Waals surface area contributed by atoms with Crippen LogP contribution in [0.2, 0.25) is 0 Å². The molecule has 0 saturated heterocycles. The second kappa shape index (κ2) is 5.91. The second-order valence-electron chi connectivity index (χ2n) is 4.69. The molecule has 3 nitrogen and oxygen atoms in total. The summed E-state index contributed by atoms with van der Waals surface area (Å²) >= 11 is 7.01. The lowest BCUT2D eigenvalue weighted by Gasteiger charge is -2.22. The number of hydrogen-bond donors (Lipinski definition) is 1. The Labute approximate surface area is 132 Å². The van der Waals surface area contributed by atoms with E-state index < -0.39 is 0 Å². The highest BCUT2D eigenvalue weighted by Crippen LogP contribution is 2.35. The summed E-state index contributed by atoms with van der Waals surface area (Å²) in [5.41, 5.74) is 1.66. The minimum absolute atomic E-state index is 0.0724. The molecule has 21 heavy (non-hydrogen) atoms. The molecule has 2 aromatic rings. The Hall–Kier alpha value is -1.79. The zero-order chi connectivity index (χ0) is 14.8. The molecule has 1 aliphatic rings. The van der Waals surface area contributed by atoms with E-state index in [0.29, 0.717) is 11.5 Å². The SMILES string of the molecule is CNC(=S)N1N=C(c2cccc(F)c2)CC1c1cccs1. The van der Waals surface area contributed by atoms with E-state index in [1.54, 1.807) is 29.5 Å². The molecule has 0 fully saturated rings. The number of thiophene rings is 1.